The predicted molar refractivity (Wildman–Crippen MR) is 143 cm³/mol. The van der Waals surface area contributed by atoms with Crippen molar-refractivity contribution >= 4 is 49.2 Å². The van der Waals surface area contributed by atoms with Gasteiger partial charge >= 0.3 is 0 Å². The molecular formula is C30H28NO2S+. The standard InChI is InChI=1S/C30H28NO2S/c1-3-32-21-22(2)15-18-29-31(27-17-16-24-10-5-7-13-26(24)30(27)34-29)19-20-33-28-14-8-11-23-9-4-6-12-25(23)28/h4-18,21H,3,19-20H2,1-2H3/q+1. The molecule has 0 bridgehead atoms. The highest BCUT2D eigenvalue weighted by atomic mass is 32.1. The van der Waals surface area contributed by atoms with Crippen LogP contribution in [0.1, 0.15) is 18.9 Å². The quantitative estimate of drug-likeness (QED) is 0.134. The number of aromatic nitrogens is 1. The maximum Gasteiger partial charge on any atom is 0.262 e. The average Bonchev–Trinajstić information content (AvgIpc) is 3.24. The number of thiazole rings is 1. The number of allylic oxidation sites excluding steroid dienone is 2. The molecule has 170 valence electrons. The highest BCUT2D eigenvalue weighted by molar-refractivity contribution is 7.19. The second kappa shape index (κ2) is 10.1. The summed E-state index contributed by atoms with van der Waals surface area (Å²) in [5.41, 5.74) is 2.32. The lowest BCUT2D eigenvalue weighted by atomic mass is 10.1. The molecule has 5 rings (SSSR count). The van der Waals surface area contributed by atoms with Gasteiger partial charge in [-0.1, -0.05) is 72.0 Å². The van der Waals surface area contributed by atoms with Gasteiger partial charge in [0, 0.05) is 22.9 Å². The zero-order valence-electron chi connectivity index (χ0n) is 19.5. The van der Waals surface area contributed by atoms with Gasteiger partial charge in [-0.3, -0.25) is 0 Å². The van der Waals surface area contributed by atoms with Crippen LogP contribution in [0, 0.1) is 0 Å². The van der Waals surface area contributed by atoms with Crippen molar-refractivity contribution in [2.45, 2.75) is 20.4 Å². The third kappa shape index (κ3) is 4.55. The van der Waals surface area contributed by atoms with Gasteiger partial charge in [0.05, 0.1) is 12.9 Å². The first-order valence-corrected chi connectivity index (χ1v) is 12.5. The van der Waals surface area contributed by atoms with E-state index in [9.17, 15) is 0 Å². The van der Waals surface area contributed by atoms with E-state index in [0.29, 0.717) is 13.2 Å². The number of hydrogen-bond donors (Lipinski definition) is 0. The fourth-order valence-electron chi connectivity index (χ4n) is 4.21. The van der Waals surface area contributed by atoms with Crippen LogP contribution in [-0.4, -0.2) is 13.2 Å². The normalized spacial score (nSPS) is 12.2. The van der Waals surface area contributed by atoms with Crippen LogP contribution in [0.4, 0.5) is 0 Å². The fourth-order valence-corrected chi connectivity index (χ4v) is 5.43. The minimum Gasteiger partial charge on any atom is -0.501 e. The fraction of sp³-hybridized carbons (Fsp3) is 0.167. The number of benzene rings is 4. The molecule has 0 N–H and O–H groups in total. The molecule has 0 aliphatic heterocycles. The number of ether oxygens (including phenoxy) is 2. The number of hydrogen-bond acceptors (Lipinski definition) is 3. The Bertz CT molecular complexity index is 1510. The van der Waals surface area contributed by atoms with Gasteiger partial charge in [0.1, 0.15) is 17.1 Å². The first-order valence-electron chi connectivity index (χ1n) is 11.7. The Morgan fingerprint density at radius 1 is 0.882 bits per heavy atom. The van der Waals surface area contributed by atoms with Gasteiger partial charge in [-0.15, -0.1) is 0 Å². The van der Waals surface area contributed by atoms with Crippen molar-refractivity contribution in [1.82, 2.24) is 0 Å². The largest absolute Gasteiger partial charge is 0.501 e. The lowest BCUT2D eigenvalue weighted by molar-refractivity contribution is -0.669. The first kappa shape index (κ1) is 22.2. The SMILES string of the molecule is CCOC=C(C)C=Cc1sc2c3ccccc3ccc2[n+]1CCOc1cccc2ccccc12. The summed E-state index contributed by atoms with van der Waals surface area (Å²) in [6, 6.07) is 27.6. The molecule has 0 spiro atoms. The van der Waals surface area contributed by atoms with Gasteiger partial charge in [-0.2, -0.15) is 4.57 Å². The van der Waals surface area contributed by atoms with E-state index in [-0.39, 0.29) is 0 Å². The highest BCUT2D eigenvalue weighted by Gasteiger charge is 2.20. The first-order chi connectivity index (χ1) is 16.7. The summed E-state index contributed by atoms with van der Waals surface area (Å²) in [5, 5.41) is 6.08. The summed E-state index contributed by atoms with van der Waals surface area (Å²) in [4.78, 5) is 0. The molecule has 0 aliphatic rings. The van der Waals surface area contributed by atoms with Crippen LogP contribution in [0.15, 0.2) is 96.8 Å². The molecule has 1 aromatic heterocycles. The summed E-state index contributed by atoms with van der Waals surface area (Å²) in [5.74, 6) is 0.927. The third-order valence-corrected chi connectivity index (χ3v) is 7.07. The van der Waals surface area contributed by atoms with Crippen LogP contribution < -0.4 is 9.30 Å². The summed E-state index contributed by atoms with van der Waals surface area (Å²) >= 11 is 1.82. The van der Waals surface area contributed by atoms with E-state index in [0.717, 1.165) is 23.3 Å². The Kier molecular flexibility index (Phi) is 6.59. The Balaban J connectivity index is 1.49. The Morgan fingerprint density at radius 3 is 2.44 bits per heavy atom. The zero-order chi connectivity index (χ0) is 23.3. The van der Waals surface area contributed by atoms with Crippen LogP contribution in [0.2, 0.25) is 0 Å². The van der Waals surface area contributed by atoms with Gasteiger partial charge in [-0.05, 0) is 48.4 Å². The van der Waals surface area contributed by atoms with E-state index < -0.39 is 0 Å². The second-order valence-corrected chi connectivity index (χ2v) is 9.23. The zero-order valence-corrected chi connectivity index (χ0v) is 20.3. The summed E-state index contributed by atoms with van der Waals surface area (Å²) in [7, 11) is 0. The summed E-state index contributed by atoms with van der Waals surface area (Å²) < 4.78 is 15.4. The average molecular weight is 467 g/mol. The van der Waals surface area contributed by atoms with Crippen LogP contribution in [0.3, 0.4) is 0 Å². The number of nitrogens with zero attached hydrogens (tertiary/aromatic N) is 1. The minimum absolute atomic E-state index is 0.589. The Labute approximate surface area is 204 Å². The molecule has 4 aromatic carbocycles. The van der Waals surface area contributed by atoms with E-state index in [2.05, 4.69) is 103 Å². The molecule has 0 fully saturated rings. The molecule has 34 heavy (non-hydrogen) atoms. The monoisotopic (exact) mass is 466 g/mol. The van der Waals surface area contributed by atoms with Gasteiger partial charge in [0.2, 0.25) is 5.52 Å². The molecule has 0 amide bonds. The Morgan fingerprint density at radius 2 is 1.62 bits per heavy atom. The molecule has 3 nitrogen and oxygen atoms in total. The highest BCUT2D eigenvalue weighted by Crippen LogP contribution is 2.30. The van der Waals surface area contributed by atoms with Gasteiger partial charge < -0.3 is 9.47 Å². The van der Waals surface area contributed by atoms with E-state index in [1.807, 2.05) is 24.5 Å². The maximum absolute atomic E-state index is 6.29. The van der Waals surface area contributed by atoms with Crippen LogP contribution in [0.5, 0.6) is 5.75 Å². The smallest absolute Gasteiger partial charge is 0.262 e. The Hall–Kier alpha value is -3.63. The molecule has 0 unspecified atom stereocenters. The summed E-state index contributed by atoms with van der Waals surface area (Å²) in [6.45, 7) is 6.07. The lowest BCUT2D eigenvalue weighted by Crippen LogP contribution is -2.38. The van der Waals surface area contributed by atoms with Crippen molar-refractivity contribution in [2.24, 2.45) is 0 Å². The van der Waals surface area contributed by atoms with Crippen LogP contribution in [-0.2, 0) is 11.3 Å². The van der Waals surface area contributed by atoms with Crippen LogP contribution >= 0.6 is 11.3 Å². The molecule has 5 aromatic rings. The maximum atomic E-state index is 6.29. The molecule has 0 aliphatic carbocycles. The van der Waals surface area contributed by atoms with Gasteiger partial charge in [-0.25, -0.2) is 0 Å². The van der Waals surface area contributed by atoms with E-state index >= 15 is 0 Å². The predicted octanol–water partition coefficient (Wildman–Crippen LogP) is 7.53. The topological polar surface area (TPSA) is 22.3 Å². The lowest BCUT2D eigenvalue weighted by Gasteiger charge is -2.08. The minimum atomic E-state index is 0.589. The molecule has 0 saturated carbocycles. The van der Waals surface area contributed by atoms with E-state index in [4.69, 9.17) is 9.47 Å². The van der Waals surface area contributed by atoms with Gasteiger partial charge in [0.15, 0.2) is 6.54 Å². The molecule has 4 heteroatoms. The number of fused-ring (bicyclic) bond motifs is 4. The van der Waals surface area contributed by atoms with Crippen LogP contribution in [0.25, 0.3) is 37.8 Å². The summed E-state index contributed by atoms with van der Waals surface area (Å²) in [6.07, 6.45) is 6.11. The molecule has 0 atom stereocenters. The molecular weight excluding hydrogens is 438 g/mol. The molecule has 0 saturated heterocycles. The number of rotatable bonds is 8. The van der Waals surface area contributed by atoms with Crippen molar-refractivity contribution in [3.05, 3.63) is 102 Å². The van der Waals surface area contributed by atoms with Crippen molar-refractivity contribution in [3.8, 4) is 5.75 Å². The third-order valence-electron chi connectivity index (χ3n) is 5.87. The van der Waals surface area contributed by atoms with E-state index in [1.54, 1.807) is 0 Å². The van der Waals surface area contributed by atoms with Crippen molar-refractivity contribution in [2.75, 3.05) is 13.2 Å². The van der Waals surface area contributed by atoms with Gasteiger partial charge in [0.25, 0.3) is 5.01 Å². The molecule has 0 radical (unpaired) electrons. The van der Waals surface area contributed by atoms with Crippen molar-refractivity contribution in [3.63, 3.8) is 0 Å². The van der Waals surface area contributed by atoms with E-state index in [1.165, 1.54) is 31.4 Å². The molecule has 1 heterocycles. The second-order valence-electron chi connectivity index (χ2n) is 8.20. The van der Waals surface area contributed by atoms with Crippen molar-refractivity contribution in [1.29, 1.82) is 0 Å². The van der Waals surface area contributed by atoms with Crippen molar-refractivity contribution < 1.29 is 14.0 Å².